The van der Waals surface area contributed by atoms with Crippen molar-refractivity contribution in [1.82, 2.24) is 0 Å². The largest absolute Gasteiger partial charge is 0.466 e. The molecule has 0 radical (unpaired) electrons. The lowest BCUT2D eigenvalue weighted by molar-refractivity contribution is -0.136. The van der Waals surface area contributed by atoms with E-state index < -0.39 is 0 Å². The van der Waals surface area contributed by atoms with Gasteiger partial charge in [-0.25, -0.2) is 4.79 Å². The molecule has 0 aromatic heterocycles. The standard InChI is InChI=1S/C12H20O2/c1-5-7-8-11(6-2)9-10(3)12(13)14-4/h8-9H,5-7H2,1-4H3/b10-9+,11-8-. The quantitative estimate of drug-likeness (QED) is 0.383. The molecule has 2 heteroatoms. The second-order valence-electron chi connectivity index (χ2n) is 3.24. The molecule has 0 N–H and O–H groups in total. The fraction of sp³-hybridized carbons (Fsp3) is 0.583. The summed E-state index contributed by atoms with van der Waals surface area (Å²) in [4.78, 5) is 11.1. The second-order valence-corrected chi connectivity index (χ2v) is 3.24. The molecular formula is C12H20O2. The van der Waals surface area contributed by atoms with Crippen LogP contribution in [-0.2, 0) is 9.53 Å². The zero-order chi connectivity index (χ0) is 11.0. The average Bonchev–Trinajstić information content (AvgIpc) is 2.22. The Balaban J connectivity index is 4.49. The lowest BCUT2D eigenvalue weighted by atomic mass is 10.1. The zero-order valence-corrected chi connectivity index (χ0v) is 9.59. The van der Waals surface area contributed by atoms with E-state index in [2.05, 4.69) is 24.7 Å². The van der Waals surface area contributed by atoms with Crippen LogP contribution in [0, 0.1) is 0 Å². The maximum Gasteiger partial charge on any atom is 0.333 e. The fourth-order valence-corrected chi connectivity index (χ4v) is 1.13. The molecule has 0 saturated heterocycles. The first-order valence-corrected chi connectivity index (χ1v) is 5.11. The number of carbonyl (C=O) groups excluding carboxylic acids is 1. The van der Waals surface area contributed by atoms with Crippen LogP contribution in [0.1, 0.15) is 40.0 Å². The minimum Gasteiger partial charge on any atom is -0.466 e. The summed E-state index contributed by atoms with van der Waals surface area (Å²) in [5.41, 5.74) is 1.87. The highest BCUT2D eigenvalue weighted by atomic mass is 16.5. The number of ether oxygens (including phenoxy) is 1. The molecule has 0 unspecified atom stereocenters. The first-order chi connectivity index (χ1) is 6.65. The molecule has 0 spiro atoms. The van der Waals surface area contributed by atoms with Gasteiger partial charge in [0.25, 0.3) is 0 Å². The smallest absolute Gasteiger partial charge is 0.333 e. The Morgan fingerprint density at radius 1 is 1.36 bits per heavy atom. The third-order valence-corrected chi connectivity index (χ3v) is 2.01. The summed E-state index contributed by atoms with van der Waals surface area (Å²) in [6.07, 6.45) is 7.23. The third kappa shape index (κ3) is 4.85. The Bertz CT molecular complexity index is 237. The van der Waals surface area contributed by atoms with E-state index in [1.807, 2.05) is 6.08 Å². The summed E-state index contributed by atoms with van der Waals surface area (Å²) in [5, 5.41) is 0. The van der Waals surface area contributed by atoms with Gasteiger partial charge in [-0.2, -0.15) is 0 Å². The summed E-state index contributed by atoms with van der Waals surface area (Å²) in [6.45, 7) is 6.00. The zero-order valence-electron chi connectivity index (χ0n) is 9.59. The van der Waals surface area contributed by atoms with Crippen LogP contribution in [0.5, 0.6) is 0 Å². The maximum atomic E-state index is 11.1. The molecule has 0 aliphatic rings. The van der Waals surface area contributed by atoms with E-state index in [0.29, 0.717) is 5.57 Å². The summed E-state index contributed by atoms with van der Waals surface area (Å²) in [5.74, 6) is -0.249. The van der Waals surface area contributed by atoms with Gasteiger partial charge in [-0.15, -0.1) is 0 Å². The maximum absolute atomic E-state index is 11.1. The van der Waals surface area contributed by atoms with Gasteiger partial charge >= 0.3 is 5.97 Å². The van der Waals surface area contributed by atoms with Gasteiger partial charge in [0, 0.05) is 5.57 Å². The van der Waals surface area contributed by atoms with Crippen molar-refractivity contribution in [2.24, 2.45) is 0 Å². The normalized spacial score (nSPS) is 12.9. The van der Waals surface area contributed by atoms with Crippen molar-refractivity contribution >= 4 is 5.97 Å². The minimum atomic E-state index is -0.249. The van der Waals surface area contributed by atoms with Crippen LogP contribution in [-0.4, -0.2) is 13.1 Å². The van der Waals surface area contributed by atoms with Crippen molar-refractivity contribution in [3.8, 4) is 0 Å². The van der Waals surface area contributed by atoms with Crippen LogP contribution in [0.4, 0.5) is 0 Å². The van der Waals surface area contributed by atoms with Crippen molar-refractivity contribution in [3.63, 3.8) is 0 Å². The van der Waals surface area contributed by atoms with Crippen LogP contribution in [0.3, 0.4) is 0 Å². The summed E-state index contributed by atoms with van der Waals surface area (Å²) >= 11 is 0. The third-order valence-electron chi connectivity index (χ3n) is 2.01. The first kappa shape index (κ1) is 12.9. The highest BCUT2D eigenvalue weighted by Gasteiger charge is 2.02. The molecule has 14 heavy (non-hydrogen) atoms. The summed E-state index contributed by atoms with van der Waals surface area (Å²) in [7, 11) is 1.40. The van der Waals surface area contributed by atoms with Gasteiger partial charge < -0.3 is 4.74 Å². The number of methoxy groups -OCH3 is 1. The Hall–Kier alpha value is -1.05. The van der Waals surface area contributed by atoms with Crippen molar-refractivity contribution in [3.05, 3.63) is 23.3 Å². The van der Waals surface area contributed by atoms with Gasteiger partial charge in [0.1, 0.15) is 0 Å². The van der Waals surface area contributed by atoms with Gasteiger partial charge in [-0.3, -0.25) is 0 Å². The van der Waals surface area contributed by atoms with Crippen molar-refractivity contribution in [2.75, 3.05) is 7.11 Å². The number of allylic oxidation sites excluding steroid dienone is 3. The highest BCUT2D eigenvalue weighted by Crippen LogP contribution is 2.09. The first-order valence-electron chi connectivity index (χ1n) is 5.11. The van der Waals surface area contributed by atoms with Gasteiger partial charge in [0.05, 0.1) is 7.11 Å². The molecule has 80 valence electrons. The lowest BCUT2D eigenvalue weighted by Crippen LogP contribution is -2.01. The van der Waals surface area contributed by atoms with Gasteiger partial charge in [0.2, 0.25) is 0 Å². The van der Waals surface area contributed by atoms with Gasteiger partial charge in [-0.1, -0.05) is 31.9 Å². The molecular weight excluding hydrogens is 176 g/mol. The molecule has 0 amide bonds. The number of esters is 1. The second kappa shape index (κ2) is 7.36. The Morgan fingerprint density at radius 3 is 2.43 bits per heavy atom. The van der Waals surface area contributed by atoms with Crippen LogP contribution in [0.2, 0.25) is 0 Å². The monoisotopic (exact) mass is 196 g/mol. The number of hydrogen-bond acceptors (Lipinski definition) is 2. The molecule has 0 fully saturated rings. The molecule has 0 aliphatic carbocycles. The van der Waals surface area contributed by atoms with Crippen molar-refractivity contribution in [2.45, 2.75) is 40.0 Å². The number of unbranched alkanes of at least 4 members (excludes halogenated alkanes) is 1. The molecule has 0 saturated carbocycles. The summed E-state index contributed by atoms with van der Waals surface area (Å²) < 4.78 is 4.63. The molecule has 0 aromatic rings. The molecule has 0 heterocycles. The molecule has 0 atom stereocenters. The highest BCUT2D eigenvalue weighted by molar-refractivity contribution is 5.88. The van der Waals surface area contributed by atoms with Crippen LogP contribution in [0.25, 0.3) is 0 Å². The molecule has 0 rings (SSSR count). The van der Waals surface area contributed by atoms with Crippen LogP contribution in [0.15, 0.2) is 23.3 Å². The Kier molecular flexibility index (Phi) is 6.81. The van der Waals surface area contributed by atoms with Gasteiger partial charge in [0.15, 0.2) is 0 Å². The number of rotatable bonds is 5. The van der Waals surface area contributed by atoms with E-state index in [1.165, 1.54) is 12.7 Å². The van der Waals surface area contributed by atoms with Gasteiger partial charge in [-0.05, 0) is 25.8 Å². The van der Waals surface area contributed by atoms with Crippen molar-refractivity contribution < 1.29 is 9.53 Å². The van der Waals surface area contributed by atoms with E-state index in [1.54, 1.807) is 6.92 Å². The number of hydrogen-bond donors (Lipinski definition) is 0. The van der Waals surface area contributed by atoms with Crippen molar-refractivity contribution in [1.29, 1.82) is 0 Å². The van der Waals surface area contributed by atoms with Crippen LogP contribution >= 0.6 is 0 Å². The Morgan fingerprint density at radius 2 is 2.00 bits per heavy atom. The molecule has 0 bridgehead atoms. The Labute approximate surface area is 86.6 Å². The molecule has 2 nitrogen and oxygen atoms in total. The average molecular weight is 196 g/mol. The lowest BCUT2D eigenvalue weighted by Gasteiger charge is -2.01. The van der Waals surface area contributed by atoms with E-state index in [0.717, 1.165) is 19.3 Å². The number of carbonyl (C=O) groups is 1. The summed E-state index contributed by atoms with van der Waals surface area (Å²) in [6, 6.07) is 0. The molecule has 0 aromatic carbocycles. The minimum absolute atomic E-state index is 0.249. The van der Waals surface area contributed by atoms with E-state index >= 15 is 0 Å². The topological polar surface area (TPSA) is 26.3 Å². The van der Waals surface area contributed by atoms with Crippen LogP contribution < -0.4 is 0 Å². The predicted octanol–water partition coefficient (Wildman–Crippen LogP) is 3.24. The SMILES string of the molecule is CCC/C=C(\C=C(/C)C(=O)OC)CC. The van der Waals surface area contributed by atoms with E-state index in [9.17, 15) is 4.79 Å². The fourth-order valence-electron chi connectivity index (χ4n) is 1.13. The predicted molar refractivity (Wildman–Crippen MR) is 59.1 cm³/mol. The van der Waals surface area contributed by atoms with E-state index in [-0.39, 0.29) is 5.97 Å². The molecule has 0 aliphatic heterocycles. The van der Waals surface area contributed by atoms with E-state index in [4.69, 9.17) is 0 Å².